The number of methoxy groups -OCH3 is 1. The summed E-state index contributed by atoms with van der Waals surface area (Å²) >= 11 is 0. The number of esters is 1. The minimum Gasteiger partial charge on any atom is -0.463 e. The van der Waals surface area contributed by atoms with E-state index in [1.54, 1.807) is 11.0 Å². The van der Waals surface area contributed by atoms with Crippen molar-refractivity contribution < 1.29 is 23.7 Å². The lowest BCUT2D eigenvalue weighted by molar-refractivity contribution is -1.02. The Morgan fingerprint density at radius 2 is 1.63 bits per heavy atom. The number of quaternary nitrogens is 2. The molecule has 140 valence electrons. The van der Waals surface area contributed by atoms with E-state index in [-0.39, 0.29) is 5.76 Å². The molecule has 5 nitrogen and oxygen atoms in total. The van der Waals surface area contributed by atoms with Crippen LogP contribution in [-0.4, -0.2) is 39.3 Å². The Morgan fingerprint density at radius 1 is 0.926 bits per heavy atom. The van der Waals surface area contributed by atoms with Gasteiger partial charge in [-0.3, -0.25) is 0 Å². The van der Waals surface area contributed by atoms with E-state index >= 15 is 0 Å². The van der Waals surface area contributed by atoms with Crippen molar-refractivity contribution in [3.63, 3.8) is 0 Å². The number of fused-ring (bicyclic) bond motifs is 1. The molecule has 0 bridgehead atoms. The van der Waals surface area contributed by atoms with E-state index in [0.29, 0.717) is 0 Å². The molecular weight excluding hydrogens is 340 g/mol. The summed E-state index contributed by atoms with van der Waals surface area (Å²) in [5.74, 6) is 0.718. The average Bonchev–Trinajstić information content (AvgIpc) is 3.18. The van der Waals surface area contributed by atoms with Crippen LogP contribution in [0.1, 0.15) is 21.9 Å². The van der Waals surface area contributed by atoms with E-state index in [0.717, 1.165) is 45.0 Å². The number of benzene rings is 2. The van der Waals surface area contributed by atoms with Gasteiger partial charge in [0.1, 0.15) is 39.3 Å². The van der Waals surface area contributed by atoms with Crippen molar-refractivity contribution in [2.45, 2.75) is 13.1 Å². The molecule has 0 unspecified atom stereocenters. The lowest BCUT2D eigenvalue weighted by Gasteiger charge is -2.29. The number of carbonyl (C=O) groups excluding carboxylic acids is 1. The van der Waals surface area contributed by atoms with Crippen molar-refractivity contribution in [3.8, 4) is 0 Å². The second-order valence-electron chi connectivity index (χ2n) is 7.25. The first-order chi connectivity index (χ1) is 13.2. The van der Waals surface area contributed by atoms with Gasteiger partial charge in [0, 0.05) is 5.56 Å². The molecule has 3 aromatic rings. The van der Waals surface area contributed by atoms with Crippen LogP contribution in [-0.2, 0) is 17.8 Å². The van der Waals surface area contributed by atoms with Crippen molar-refractivity contribution in [2.75, 3.05) is 33.3 Å². The van der Waals surface area contributed by atoms with Gasteiger partial charge in [-0.05, 0) is 22.9 Å². The molecule has 0 spiro atoms. The summed E-state index contributed by atoms with van der Waals surface area (Å²) in [4.78, 5) is 14.6. The van der Waals surface area contributed by atoms with Crippen molar-refractivity contribution in [1.82, 2.24) is 0 Å². The van der Waals surface area contributed by atoms with Crippen molar-refractivity contribution in [2.24, 2.45) is 0 Å². The van der Waals surface area contributed by atoms with Gasteiger partial charge in [0.25, 0.3) is 0 Å². The molecule has 0 amide bonds. The molecule has 2 aromatic carbocycles. The fourth-order valence-corrected chi connectivity index (χ4v) is 3.96. The van der Waals surface area contributed by atoms with Crippen LogP contribution in [0, 0.1) is 0 Å². The molecule has 27 heavy (non-hydrogen) atoms. The number of nitrogens with one attached hydrogen (secondary N) is 2. The fourth-order valence-electron chi connectivity index (χ4n) is 3.96. The number of furan rings is 1. The van der Waals surface area contributed by atoms with Gasteiger partial charge in [0.2, 0.25) is 5.76 Å². The van der Waals surface area contributed by atoms with Crippen LogP contribution in [0.15, 0.2) is 59.0 Å². The molecule has 4 rings (SSSR count). The number of hydrogen-bond donors (Lipinski definition) is 2. The maximum Gasteiger partial charge on any atom is 0.373 e. The molecule has 0 aliphatic carbocycles. The van der Waals surface area contributed by atoms with Crippen LogP contribution in [0.2, 0.25) is 0 Å². The van der Waals surface area contributed by atoms with Gasteiger partial charge < -0.3 is 19.0 Å². The first-order valence-electron chi connectivity index (χ1n) is 9.54. The third kappa shape index (κ3) is 4.04. The summed E-state index contributed by atoms with van der Waals surface area (Å²) in [6.07, 6.45) is 0. The summed E-state index contributed by atoms with van der Waals surface area (Å²) < 4.78 is 10.3. The molecule has 1 fully saturated rings. The first-order valence-corrected chi connectivity index (χ1v) is 9.54. The van der Waals surface area contributed by atoms with Crippen LogP contribution in [0.4, 0.5) is 0 Å². The molecule has 2 heterocycles. The van der Waals surface area contributed by atoms with Crippen LogP contribution < -0.4 is 9.80 Å². The van der Waals surface area contributed by atoms with Crippen LogP contribution >= 0.6 is 0 Å². The molecule has 1 aromatic heterocycles. The van der Waals surface area contributed by atoms with Crippen LogP contribution in [0.3, 0.4) is 0 Å². The summed E-state index contributed by atoms with van der Waals surface area (Å²) in [7, 11) is 1.37. The predicted octanol–water partition coefficient (Wildman–Crippen LogP) is 0.703. The SMILES string of the molecule is COC(=O)c1ccc(C[NH+]2CC[NH+](Cc3cccc4ccccc34)CC2)o1. The highest BCUT2D eigenvalue weighted by Crippen LogP contribution is 2.17. The third-order valence-electron chi connectivity index (χ3n) is 5.46. The van der Waals surface area contributed by atoms with Gasteiger partial charge in [0.15, 0.2) is 5.76 Å². The summed E-state index contributed by atoms with van der Waals surface area (Å²) in [6, 6.07) is 18.8. The van der Waals surface area contributed by atoms with Crippen LogP contribution in [0.25, 0.3) is 10.8 Å². The Hall–Kier alpha value is -2.63. The Bertz CT molecular complexity index is 921. The highest BCUT2D eigenvalue weighted by Gasteiger charge is 2.25. The van der Waals surface area contributed by atoms with E-state index in [1.165, 1.54) is 28.3 Å². The Morgan fingerprint density at radius 3 is 2.41 bits per heavy atom. The van der Waals surface area contributed by atoms with Crippen molar-refractivity contribution in [1.29, 1.82) is 0 Å². The number of rotatable bonds is 5. The lowest BCUT2D eigenvalue weighted by Crippen LogP contribution is -3.27. The highest BCUT2D eigenvalue weighted by atomic mass is 16.5. The van der Waals surface area contributed by atoms with E-state index in [4.69, 9.17) is 9.15 Å². The Kier molecular flexibility index (Phi) is 5.23. The third-order valence-corrected chi connectivity index (χ3v) is 5.46. The van der Waals surface area contributed by atoms with Crippen molar-refractivity contribution in [3.05, 3.63) is 71.7 Å². The zero-order valence-corrected chi connectivity index (χ0v) is 15.7. The van der Waals surface area contributed by atoms with Gasteiger partial charge in [-0.2, -0.15) is 0 Å². The molecular formula is C22H26N2O3+2. The summed E-state index contributed by atoms with van der Waals surface area (Å²) in [5, 5.41) is 2.69. The second kappa shape index (κ2) is 7.94. The molecule has 2 N–H and O–H groups in total. The average molecular weight is 366 g/mol. The zero-order valence-electron chi connectivity index (χ0n) is 15.7. The quantitative estimate of drug-likeness (QED) is 0.654. The van der Waals surface area contributed by atoms with Gasteiger partial charge in [-0.1, -0.05) is 42.5 Å². The number of piperazine rings is 1. The minimum atomic E-state index is -0.416. The molecule has 0 saturated carbocycles. The highest BCUT2D eigenvalue weighted by molar-refractivity contribution is 5.86. The Balaban J connectivity index is 1.34. The smallest absolute Gasteiger partial charge is 0.373 e. The maximum atomic E-state index is 11.5. The monoisotopic (exact) mass is 366 g/mol. The van der Waals surface area contributed by atoms with E-state index in [9.17, 15) is 4.79 Å². The van der Waals surface area contributed by atoms with Gasteiger partial charge in [-0.15, -0.1) is 0 Å². The number of ether oxygens (including phenoxy) is 1. The topological polar surface area (TPSA) is 48.3 Å². The molecule has 1 aliphatic rings. The molecule has 5 heteroatoms. The lowest BCUT2D eigenvalue weighted by atomic mass is 10.0. The zero-order chi connectivity index (χ0) is 18.6. The fraction of sp³-hybridized carbons (Fsp3) is 0.318. The standard InChI is InChI=1S/C22H24N2O3/c1-26-22(25)21-10-9-19(27-21)16-24-13-11-23(12-14-24)15-18-7-4-6-17-5-2-3-8-20(17)18/h2-10H,11-16H2,1H3/p+2. The van der Waals surface area contributed by atoms with E-state index in [2.05, 4.69) is 42.5 Å². The van der Waals surface area contributed by atoms with E-state index < -0.39 is 5.97 Å². The summed E-state index contributed by atoms with van der Waals surface area (Å²) in [6.45, 7) is 6.38. The number of carbonyl (C=O) groups is 1. The molecule has 1 aliphatic heterocycles. The van der Waals surface area contributed by atoms with Gasteiger partial charge in [-0.25, -0.2) is 4.79 Å². The maximum absolute atomic E-state index is 11.5. The Labute approximate surface area is 159 Å². The second-order valence-corrected chi connectivity index (χ2v) is 7.25. The van der Waals surface area contributed by atoms with Crippen molar-refractivity contribution >= 4 is 16.7 Å². The van der Waals surface area contributed by atoms with Gasteiger partial charge >= 0.3 is 5.97 Å². The number of hydrogen-bond acceptors (Lipinski definition) is 3. The van der Waals surface area contributed by atoms with E-state index in [1.807, 2.05) is 6.07 Å². The molecule has 0 radical (unpaired) electrons. The summed E-state index contributed by atoms with van der Waals surface area (Å²) in [5.41, 5.74) is 1.43. The predicted molar refractivity (Wildman–Crippen MR) is 103 cm³/mol. The normalized spacial score (nSPS) is 19.9. The largest absolute Gasteiger partial charge is 0.463 e. The minimum absolute atomic E-state index is 0.284. The van der Waals surface area contributed by atoms with Crippen LogP contribution in [0.5, 0.6) is 0 Å². The molecule has 0 atom stereocenters. The first kappa shape index (κ1) is 17.8. The molecule has 1 saturated heterocycles. The van der Waals surface area contributed by atoms with Gasteiger partial charge in [0.05, 0.1) is 7.11 Å².